The van der Waals surface area contributed by atoms with E-state index in [2.05, 4.69) is 5.10 Å². The van der Waals surface area contributed by atoms with Crippen LogP contribution in [-0.4, -0.2) is 30.1 Å². The average molecular weight is 287 g/mol. The zero-order chi connectivity index (χ0) is 14.6. The molecule has 0 fully saturated rings. The summed E-state index contributed by atoms with van der Waals surface area (Å²) in [6.45, 7) is 1.31. The Morgan fingerprint density at radius 2 is 1.90 bits per heavy atom. The summed E-state index contributed by atoms with van der Waals surface area (Å²) < 4.78 is 18.9. The minimum atomic E-state index is 0.625. The van der Waals surface area contributed by atoms with Gasteiger partial charge in [-0.05, 0) is 0 Å². The van der Waals surface area contributed by atoms with Gasteiger partial charge in [0.2, 0.25) is 0 Å². The lowest BCUT2D eigenvalue weighted by Gasteiger charge is -2.15. The molecule has 2 aliphatic heterocycles. The zero-order valence-electron chi connectivity index (χ0n) is 12.1. The molecule has 0 radical (unpaired) electrons. The number of nitrogens with zero attached hydrogens (tertiary/aromatic N) is 2. The molecule has 0 spiro atoms. The Hall–Kier alpha value is -2.37. The predicted octanol–water partition coefficient (Wildman–Crippen LogP) is 1.55. The molecule has 2 aromatic rings. The van der Waals surface area contributed by atoms with Crippen molar-refractivity contribution < 1.29 is 14.2 Å². The van der Waals surface area contributed by atoms with Crippen LogP contribution in [0.4, 0.5) is 5.82 Å². The van der Waals surface area contributed by atoms with E-state index in [1.807, 2.05) is 13.1 Å². The van der Waals surface area contributed by atoms with E-state index in [0.717, 1.165) is 52.5 Å². The van der Waals surface area contributed by atoms with Crippen LogP contribution in [0.5, 0.6) is 17.2 Å². The lowest BCUT2D eigenvalue weighted by atomic mass is 9.96. The van der Waals surface area contributed by atoms with Crippen molar-refractivity contribution in [3.05, 3.63) is 17.2 Å². The molecule has 0 atom stereocenters. The highest BCUT2D eigenvalue weighted by molar-refractivity contribution is 5.82. The summed E-state index contributed by atoms with van der Waals surface area (Å²) in [6.07, 6.45) is 1.65. The molecule has 3 heterocycles. The van der Waals surface area contributed by atoms with Crippen molar-refractivity contribution in [1.82, 2.24) is 9.78 Å². The maximum atomic E-state index is 5.93. The van der Waals surface area contributed by atoms with Crippen molar-refractivity contribution in [2.45, 2.75) is 12.8 Å². The van der Waals surface area contributed by atoms with Crippen molar-refractivity contribution in [3.63, 3.8) is 0 Å². The van der Waals surface area contributed by atoms with Gasteiger partial charge < -0.3 is 19.9 Å². The van der Waals surface area contributed by atoms with Crippen LogP contribution in [0.15, 0.2) is 6.07 Å². The Morgan fingerprint density at radius 3 is 2.57 bits per heavy atom. The molecule has 2 aliphatic rings. The first-order valence-corrected chi connectivity index (χ1v) is 7.02. The highest BCUT2D eigenvalue weighted by Crippen LogP contribution is 2.52. The quantitative estimate of drug-likeness (QED) is 0.907. The SMILES string of the molecule is COc1c2c(c(-c3cc(N)n(C)n3)c3c1OCC3)OCC2. The summed E-state index contributed by atoms with van der Waals surface area (Å²) in [5.74, 6) is 3.14. The van der Waals surface area contributed by atoms with Crippen LogP contribution < -0.4 is 19.9 Å². The second-order valence-electron chi connectivity index (χ2n) is 5.30. The number of methoxy groups -OCH3 is 1. The maximum absolute atomic E-state index is 5.93. The van der Waals surface area contributed by atoms with Gasteiger partial charge in [0.05, 0.1) is 31.6 Å². The van der Waals surface area contributed by atoms with Gasteiger partial charge in [0.15, 0.2) is 11.5 Å². The summed E-state index contributed by atoms with van der Waals surface area (Å²) in [5.41, 5.74) is 9.93. The third kappa shape index (κ3) is 1.62. The summed E-state index contributed by atoms with van der Waals surface area (Å²) in [7, 11) is 3.51. The second kappa shape index (κ2) is 4.31. The predicted molar refractivity (Wildman–Crippen MR) is 78.0 cm³/mol. The van der Waals surface area contributed by atoms with Crippen LogP contribution in [-0.2, 0) is 19.9 Å². The van der Waals surface area contributed by atoms with E-state index in [4.69, 9.17) is 19.9 Å². The first-order chi connectivity index (χ1) is 10.2. The number of nitrogen functional groups attached to an aromatic ring is 1. The van der Waals surface area contributed by atoms with Crippen molar-refractivity contribution in [2.24, 2.45) is 7.05 Å². The number of rotatable bonds is 2. The molecular formula is C15H17N3O3. The van der Waals surface area contributed by atoms with Crippen LogP contribution in [0.25, 0.3) is 11.3 Å². The fraction of sp³-hybridized carbons (Fsp3) is 0.400. The summed E-state index contributed by atoms with van der Waals surface area (Å²) in [4.78, 5) is 0. The number of ether oxygens (including phenoxy) is 3. The van der Waals surface area contributed by atoms with E-state index >= 15 is 0 Å². The fourth-order valence-electron chi connectivity index (χ4n) is 3.16. The number of aryl methyl sites for hydroxylation is 1. The van der Waals surface area contributed by atoms with Gasteiger partial charge in [-0.15, -0.1) is 0 Å². The topological polar surface area (TPSA) is 71.5 Å². The number of aromatic nitrogens is 2. The maximum Gasteiger partial charge on any atom is 0.168 e. The van der Waals surface area contributed by atoms with Gasteiger partial charge in [-0.2, -0.15) is 5.10 Å². The van der Waals surface area contributed by atoms with Crippen LogP contribution in [0.3, 0.4) is 0 Å². The monoisotopic (exact) mass is 287 g/mol. The number of hydrogen-bond donors (Lipinski definition) is 1. The number of nitrogens with two attached hydrogens (primary N) is 1. The Kier molecular flexibility index (Phi) is 2.54. The highest BCUT2D eigenvalue weighted by atomic mass is 16.5. The van der Waals surface area contributed by atoms with Crippen molar-refractivity contribution in [2.75, 3.05) is 26.1 Å². The molecule has 0 unspecified atom stereocenters. The minimum Gasteiger partial charge on any atom is -0.492 e. The average Bonchev–Trinajstić information content (AvgIpc) is 3.17. The molecule has 0 amide bonds. The molecule has 21 heavy (non-hydrogen) atoms. The zero-order valence-corrected chi connectivity index (χ0v) is 12.1. The lowest BCUT2D eigenvalue weighted by Crippen LogP contribution is -1.98. The van der Waals surface area contributed by atoms with Gasteiger partial charge in [0.25, 0.3) is 0 Å². The lowest BCUT2D eigenvalue weighted by molar-refractivity contribution is 0.324. The molecule has 1 aromatic carbocycles. The molecule has 1 aromatic heterocycles. The number of hydrogen-bond acceptors (Lipinski definition) is 5. The van der Waals surface area contributed by atoms with Crippen molar-refractivity contribution in [3.8, 4) is 28.5 Å². The van der Waals surface area contributed by atoms with Crippen LogP contribution in [0.2, 0.25) is 0 Å². The molecule has 0 aliphatic carbocycles. The molecule has 6 nitrogen and oxygen atoms in total. The van der Waals surface area contributed by atoms with E-state index in [0.29, 0.717) is 19.0 Å². The van der Waals surface area contributed by atoms with Crippen LogP contribution >= 0.6 is 0 Å². The smallest absolute Gasteiger partial charge is 0.168 e. The molecule has 0 saturated carbocycles. The Balaban J connectivity index is 2.03. The third-order valence-electron chi connectivity index (χ3n) is 4.13. The summed E-state index contributed by atoms with van der Waals surface area (Å²) in [6, 6.07) is 1.88. The third-order valence-corrected chi connectivity index (χ3v) is 4.13. The second-order valence-corrected chi connectivity index (χ2v) is 5.30. The molecular weight excluding hydrogens is 270 g/mol. The van der Waals surface area contributed by atoms with Crippen molar-refractivity contribution >= 4 is 5.82 Å². The van der Waals surface area contributed by atoms with Crippen LogP contribution in [0, 0.1) is 0 Å². The number of fused-ring (bicyclic) bond motifs is 2. The fourth-order valence-corrected chi connectivity index (χ4v) is 3.16. The molecule has 0 saturated heterocycles. The Morgan fingerprint density at radius 1 is 1.19 bits per heavy atom. The van der Waals surface area contributed by atoms with Gasteiger partial charge in [0.1, 0.15) is 11.6 Å². The van der Waals surface area contributed by atoms with Gasteiger partial charge in [-0.1, -0.05) is 0 Å². The molecule has 110 valence electrons. The van der Waals surface area contributed by atoms with E-state index < -0.39 is 0 Å². The summed E-state index contributed by atoms with van der Waals surface area (Å²) >= 11 is 0. The van der Waals surface area contributed by atoms with Crippen molar-refractivity contribution in [1.29, 1.82) is 0 Å². The van der Waals surface area contributed by atoms with Gasteiger partial charge in [-0.3, -0.25) is 4.68 Å². The molecule has 0 bridgehead atoms. The van der Waals surface area contributed by atoms with E-state index in [9.17, 15) is 0 Å². The molecule has 2 N–H and O–H groups in total. The van der Waals surface area contributed by atoms with E-state index in [1.165, 1.54) is 0 Å². The normalized spacial score (nSPS) is 15.3. The minimum absolute atomic E-state index is 0.625. The number of benzene rings is 1. The Labute approximate surface area is 122 Å². The van der Waals surface area contributed by atoms with E-state index in [1.54, 1.807) is 11.8 Å². The Bertz CT molecular complexity index is 682. The van der Waals surface area contributed by atoms with Gasteiger partial charge >= 0.3 is 0 Å². The van der Waals surface area contributed by atoms with Crippen LogP contribution in [0.1, 0.15) is 11.1 Å². The highest BCUT2D eigenvalue weighted by Gasteiger charge is 2.33. The largest absolute Gasteiger partial charge is 0.492 e. The standard InChI is InChI=1S/C15H17N3O3/c1-18-11(16)7-10(17-18)12-8-3-5-21-15(8)14(19-2)9-4-6-20-13(9)12/h7H,3-6,16H2,1-2H3. The summed E-state index contributed by atoms with van der Waals surface area (Å²) in [5, 5.41) is 4.51. The molecule has 4 rings (SSSR count). The number of anilines is 1. The first-order valence-electron chi connectivity index (χ1n) is 7.02. The first kappa shape index (κ1) is 12.4. The van der Waals surface area contributed by atoms with E-state index in [-0.39, 0.29) is 0 Å². The molecule has 6 heteroatoms. The van der Waals surface area contributed by atoms with Gasteiger partial charge in [-0.25, -0.2) is 0 Å². The van der Waals surface area contributed by atoms with Gasteiger partial charge in [0, 0.05) is 37.1 Å².